The van der Waals surface area contributed by atoms with Crippen molar-refractivity contribution < 1.29 is 13.6 Å². The summed E-state index contributed by atoms with van der Waals surface area (Å²) in [5.41, 5.74) is 0.686. The molecule has 0 aliphatic carbocycles. The van der Waals surface area contributed by atoms with Gasteiger partial charge in [-0.05, 0) is 36.1 Å². The highest BCUT2D eigenvalue weighted by Gasteiger charge is 2.24. The topological polar surface area (TPSA) is 95.3 Å². The van der Waals surface area contributed by atoms with Crippen LogP contribution in [0.3, 0.4) is 0 Å². The predicted molar refractivity (Wildman–Crippen MR) is 105 cm³/mol. The Labute approximate surface area is 166 Å². The van der Waals surface area contributed by atoms with Crippen LogP contribution >= 0.6 is 0 Å². The van der Waals surface area contributed by atoms with Crippen LogP contribution in [0, 0.1) is 5.82 Å². The predicted octanol–water partition coefficient (Wildman–Crippen LogP) is 1.89. The Morgan fingerprint density at radius 3 is 2.72 bits per heavy atom. The van der Waals surface area contributed by atoms with Gasteiger partial charge in [-0.2, -0.15) is 0 Å². The van der Waals surface area contributed by atoms with E-state index in [2.05, 4.69) is 15.2 Å². The number of rotatable bonds is 5. The van der Waals surface area contributed by atoms with Gasteiger partial charge >= 0.3 is 6.01 Å². The number of piperazine rings is 1. The average molecular weight is 399 g/mol. The summed E-state index contributed by atoms with van der Waals surface area (Å²) in [6.07, 6.45) is 1.27. The Bertz CT molecular complexity index is 1090. The van der Waals surface area contributed by atoms with Gasteiger partial charge in [0.05, 0.1) is 5.52 Å². The SMILES string of the molecule is CCc1nnc(N2CCN(C(=O)CCc3cc4ccc(F)cc4[nH]c3=O)CC2)o1. The van der Waals surface area contributed by atoms with Crippen molar-refractivity contribution in [1.82, 2.24) is 20.1 Å². The third-order valence-electron chi connectivity index (χ3n) is 5.15. The molecule has 1 fully saturated rings. The van der Waals surface area contributed by atoms with E-state index in [-0.39, 0.29) is 17.9 Å². The fraction of sp³-hybridized carbons (Fsp3) is 0.400. The molecule has 1 aliphatic heterocycles. The van der Waals surface area contributed by atoms with Gasteiger partial charge in [0, 0.05) is 44.6 Å². The van der Waals surface area contributed by atoms with E-state index in [1.165, 1.54) is 12.1 Å². The second kappa shape index (κ2) is 8.02. The lowest BCUT2D eigenvalue weighted by Crippen LogP contribution is -2.49. The molecule has 0 saturated carbocycles. The van der Waals surface area contributed by atoms with Gasteiger partial charge in [-0.1, -0.05) is 12.0 Å². The number of nitrogens with zero attached hydrogens (tertiary/aromatic N) is 4. The first kappa shape index (κ1) is 19.1. The minimum absolute atomic E-state index is 0.00280. The molecule has 1 saturated heterocycles. The van der Waals surface area contributed by atoms with Gasteiger partial charge in [-0.3, -0.25) is 9.59 Å². The Balaban J connectivity index is 1.34. The van der Waals surface area contributed by atoms with Crippen molar-refractivity contribution in [3.8, 4) is 0 Å². The van der Waals surface area contributed by atoms with Crippen molar-refractivity contribution in [3.05, 3.63) is 51.9 Å². The first-order valence-electron chi connectivity index (χ1n) is 9.70. The van der Waals surface area contributed by atoms with Gasteiger partial charge in [0.25, 0.3) is 5.56 Å². The fourth-order valence-electron chi connectivity index (χ4n) is 3.47. The van der Waals surface area contributed by atoms with Crippen LogP contribution in [0.15, 0.2) is 33.5 Å². The molecule has 0 bridgehead atoms. The third kappa shape index (κ3) is 4.13. The molecule has 29 heavy (non-hydrogen) atoms. The molecule has 0 radical (unpaired) electrons. The summed E-state index contributed by atoms with van der Waals surface area (Å²) in [5.74, 6) is 0.201. The molecule has 9 heteroatoms. The number of fused-ring (bicyclic) bond motifs is 1. The van der Waals surface area contributed by atoms with E-state index in [4.69, 9.17) is 4.42 Å². The van der Waals surface area contributed by atoms with Crippen LogP contribution < -0.4 is 10.5 Å². The molecule has 2 aromatic heterocycles. The number of aromatic amines is 1. The van der Waals surface area contributed by atoms with E-state index in [0.717, 1.165) is 5.39 Å². The number of amides is 1. The van der Waals surface area contributed by atoms with Crippen LogP contribution in [0.4, 0.5) is 10.4 Å². The quantitative estimate of drug-likeness (QED) is 0.704. The zero-order valence-corrected chi connectivity index (χ0v) is 16.2. The number of benzene rings is 1. The van der Waals surface area contributed by atoms with Crippen molar-refractivity contribution in [1.29, 1.82) is 0 Å². The molecular formula is C20H22FN5O3. The number of carbonyl (C=O) groups is 1. The molecule has 1 aromatic carbocycles. The summed E-state index contributed by atoms with van der Waals surface area (Å²) >= 11 is 0. The summed E-state index contributed by atoms with van der Waals surface area (Å²) in [5, 5.41) is 8.75. The maximum atomic E-state index is 13.3. The minimum atomic E-state index is -0.401. The van der Waals surface area contributed by atoms with Gasteiger partial charge in [-0.15, -0.1) is 5.10 Å². The molecule has 0 unspecified atom stereocenters. The van der Waals surface area contributed by atoms with Crippen LogP contribution in [0.2, 0.25) is 0 Å². The molecular weight excluding hydrogens is 377 g/mol. The van der Waals surface area contributed by atoms with Crippen molar-refractivity contribution in [2.45, 2.75) is 26.2 Å². The number of aryl methyl sites for hydroxylation is 2. The van der Waals surface area contributed by atoms with Gasteiger partial charge in [0.1, 0.15) is 5.82 Å². The molecule has 4 rings (SSSR count). The minimum Gasteiger partial charge on any atom is -0.408 e. The number of halogens is 1. The Hall–Kier alpha value is -3.23. The highest BCUT2D eigenvalue weighted by atomic mass is 19.1. The molecule has 0 atom stereocenters. The number of H-pyrrole nitrogens is 1. The number of hydrogen-bond donors (Lipinski definition) is 1. The molecule has 3 heterocycles. The van der Waals surface area contributed by atoms with E-state index < -0.39 is 5.82 Å². The molecule has 8 nitrogen and oxygen atoms in total. The van der Waals surface area contributed by atoms with Crippen molar-refractivity contribution in [2.24, 2.45) is 0 Å². The maximum Gasteiger partial charge on any atom is 0.318 e. The zero-order valence-electron chi connectivity index (χ0n) is 16.2. The number of anilines is 1. The molecule has 152 valence electrons. The second-order valence-electron chi connectivity index (χ2n) is 7.06. The number of aromatic nitrogens is 3. The first-order chi connectivity index (χ1) is 14.0. The van der Waals surface area contributed by atoms with Crippen molar-refractivity contribution in [2.75, 3.05) is 31.1 Å². The Morgan fingerprint density at radius 1 is 1.21 bits per heavy atom. The Kier molecular flexibility index (Phi) is 5.28. The van der Waals surface area contributed by atoms with E-state index >= 15 is 0 Å². The largest absolute Gasteiger partial charge is 0.408 e. The van der Waals surface area contributed by atoms with Crippen LogP contribution in [0.1, 0.15) is 24.8 Å². The third-order valence-corrected chi connectivity index (χ3v) is 5.15. The van der Waals surface area contributed by atoms with E-state index in [0.29, 0.717) is 62.0 Å². The van der Waals surface area contributed by atoms with Crippen LogP contribution in [-0.2, 0) is 17.6 Å². The van der Waals surface area contributed by atoms with Gasteiger partial charge < -0.3 is 19.2 Å². The molecule has 1 amide bonds. The van der Waals surface area contributed by atoms with Crippen molar-refractivity contribution >= 4 is 22.8 Å². The standard InChI is InChI=1S/C20H22FN5O3/c1-2-17-23-24-20(29-17)26-9-7-25(8-10-26)18(27)6-4-14-11-13-3-5-15(21)12-16(13)22-19(14)28/h3,5,11-12H,2,4,6-10H2,1H3,(H,22,28). The van der Waals surface area contributed by atoms with Crippen molar-refractivity contribution in [3.63, 3.8) is 0 Å². The van der Waals surface area contributed by atoms with Gasteiger partial charge in [0.15, 0.2) is 0 Å². The van der Waals surface area contributed by atoms with Crippen LogP contribution in [-0.4, -0.2) is 52.2 Å². The highest BCUT2D eigenvalue weighted by Crippen LogP contribution is 2.17. The smallest absolute Gasteiger partial charge is 0.318 e. The van der Waals surface area contributed by atoms with Crippen LogP contribution in [0.5, 0.6) is 0 Å². The number of carbonyl (C=O) groups excluding carboxylic acids is 1. The molecule has 0 spiro atoms. The monoisotopic (exact) mass is 399 g/mol. The number of nitrogens with one attached hydrogen (secondary N) is 1. The van der Waals surface area contributed by atoms with E-state index in [9.17, 15) is 14.0 Å². The molecule has 1 N–H and O–H groups in total. The fourth-order valence-corrected chi connectivity index (χ4v) is 3.47. The van der Waals surface area contributed by atoms with Gasteiger partial charge in [-0.25, -0.2) is 4.39 Å². The lowest BCUT2D eigenvalue weighted by atomic mass is 10.1. The molecule has 1 aliphatic rings. The number of hydrogen-bond acceptors (Lipinski definition) is 6. The maximum absolute atomic E-state index is 13.3. The lowest BCUT2D eigenvalue weighted by molar-refractivity contribution is -0.131. The summed E-state index contributed by atoms with van der Waals surface area (Å²) in [4.78, 5) is 31.3. The van der Waals surface area contributed by atoms with E-state index in [1.54, 1.807) is 17.0 Å². The Morgan fingerprint density at radius 2 is 2.00 bits per heavy atom. The van der Waals surface area contributed by atoms with E-state index in [1.807, 2.05) is 11.8 Å². The number of pyridine rings is 1. The van der Waals surface area contributed by atoms with Gasteiger partial charge in [0.2, 0.25) is 11.8 Å². The molecule has 3 aromatic rings. The average Bonchev–Trinajstić information content (AvgIpc) is 3.21. The summed E-state index contributed by atoms with van der Waals surface area (Å²) < 4.78 is 18.9. The normalized spacial score (nSPS) is 14.6. The second-order valence-corrected chi connectivity index (χ2v) is 7.06. The zero-order chi connectivity index (χ0) is 20.4. The van der Waals surface area contributed by atoms with Crippen LogP contribution in [0.25, 0.3) is 10.9 Å². The first-order valence-corrected chi connectivity index (χ1v) is 9.70. The highest BCUT2D eigenvalue weighted by molar-refractivity contribution is 5.79. The summed E-state index contributed by atoms with van der Waals surface area (Å²) in [6.45, 7) is 4.33. The summed E-state index contributed by atoms with van der Waals surface area (Å²) in [7, 11) is 0. The summed E-state index contributed by atoms with van der Waals surface area (Å²) in [6, 6.07) is 6.47. The lowest BCUT2D eigenvalue weighted by Gasteiger charge is -2.33.